The van der Waals surface area contributed by atoms with E-state index in [2.05, 4.69) is 39.3 Å². The summed E-state index contributed by atoms with van der Waals surface area (Å²) < 4.78 is 1.42. The van der Waals surface area contributed by atoms with E-state index in [-0.39, 0.29) is 5.56 Å². The molecule has 0 saturated carbocycles. The van der Waals surface area contributed by atoms with Gasteiger partial charge in [-0.1, -0.05) is 54.6 Å². The number of H-pyrrole nitrogens is 1. The minimum Gasteiger partial charge on any atom is -0.271 e. The van der Waals surface area contributed by atoms with Gasteiger partial charge in [0.2, 0.25) is 0 Å². The van der Waals surface area contributed by atoms with E-state index in [9.17, 15) is 4.79 Å². The third kappa shape index (κ3) is 2.95. The highest BCUT2D eigenvalue weighted by Gasteiger charge is 2.21. The van der Waals surface area contributed by atoms with E-state index in [1.807, 2.05) is 30.3 Å². The normalized spacial score (nSPS) is 16.4. The first kappa shape index (κ1) is 16.0. The molecule has 5 rings (SSSR count). The van der Waals surface area contributed by atoms with Gasteiger partial charge in [0.25, 0.3) is 11.3 Å². The van der Waals surface area contributed by atoms with Gasteiger partial charge in [-0.2, -0.15) is 9.50 Å². The van der Waals surface area contributed by atoms with Crippen LogP contribution in [-0.2, 0) is 12.8 Å². The molecule has 2 aromatic carbocycles. The van der Waals surface area contributed by atoms with Gasteiger partial charge in [0.15, 0.2) is 5.82 Å². The maximum atomic E-state index is 12.6. The lowest BCUT2D eigenvalue weighted by Gasteiger charge is -2.25. The fourth-order valence-electron chi connectivity index (χ4n) is 4.08. The van der Waals surface area contributed by atoms with Gasteiger partial charge >= 0.3 is 0 Å². The average molecular weight is 356 g/mol. The Morgan fingerprint density at radius 1 is 1.04 bits per heavy atom. The molecule has 5 nitrogen and oxygen atoms in total. The number of aryl methyl sites for hydroxylation is 1. The summed E-state index contributed by atoms with van der Waals surface area (Å²) in [7, 11) is 0. The van der Waals surface area contributed by atoms with Crippen molar-refractivity contribution >= 4 is 5.78 Å². The molecule has 2 aromatic heterocycles. The van der Waals surface area contributed by atoms with Gasteiger partial charge in [0.1, 0.15) is 0 Å². The van der Waals surface area contributed by atoms with Gasteiger partial charge in [-0.3, -0.25) is 9.89 Å². The fraction of sp³-hybridized carbons (Fsp3) is 0.227. The predicted octanol–water partition coefficient (Wildman–Crippen LogP) is 3.75. The number of hydrogen-bond acceptors (Lipinski definition) is 3. The summed E-state index contributed by atoms with van der Waals surface area (Å²) >= 11 is 0. The van der Waals surface area contributed by atoms with Crippen molar-refractivity contribution in [1.29, 1.82) is 0 Å². The number of fused-ring (bicyclic) bond motifs is 2. The highest BCUT2D eigenvalue weighted by Crippen LogP contribution is 2.33. The molecule has 0 amide bonds. The molecule has 0 spiro atoms. The lowest BCUT2D eigenvalue weighted by molar-refractivity contribution is 0.545. The third-order valence-corrected chi connectivity index (χ3v) is 5.38. The number of nitrogens with one attached hydrogen (secondary N) is 1. The van der Waals surface area contributed by atoms with Crippen LogP contribution in [0, 0.1) is 0 Å². The molecule has 1 unspecified atom stereocenters. The number of benzene rings is 2. The van der Waals surface area contributed by atoms with Crippen LogP contribution in [0.2, 0.25) is 0 Å². The summed E-state index contributed by atoms with van der Waals surface area (Å²) in [6.45, 7) is 0. The van der Waals surface area contributed by atoms with Crippen LogP contribution in [0.3, 0.4) is 0 Å². The number of aromatic nitrogens is 4. The van der Waals surface area contributed by atoms with Crippen LogP contribution in [0.25, 0.3) is 17.2 Å². The highest BCUT2D eigenvalue weighted by molar-refractivity contribution is 5.56. The van der Waals surface area contributed by atoms with Crippen LogP contribution in [0.15, 0.2) is 65.5 Å². The zero-order chi connectivity index (χ0) is 18.2. The molecular formula is C22H20N4O. The molecule has 0 saturated heterocycles. The lowest BCUT2D eigenvalue weighted by Crippen LogP contribution is -2.18. The summed E-state index contributed by atoms with van der Waals surface area (Å²) in [6, 6.07) is 20.0. The van der Waals surface area contributed by atoms with Crippen molar-refractivity contribution in [3.05, 3.63) is 87.8 Å². The van der Waals surface area contributed by atoms with E-state index in [0.717, 1.165) is 30.5 Å². The van der Waals surface area contributed by atoms with Gasteiger partial charge < -0.3 is 0 Å². The van der Waals surface area contributed by atoms with Crippen LogP contribution >= 0.6 is 0 Å². The van der Waals surface area contributed by atoms with Crippen molar-refractivity contribution in [3.63, 3.8) is 0 Å². The van der Waals surface area contributed by atoms with Crippen LogP contribution in [0.1, 0.15) is 35.6 Å². The Bertz CT molecular complexity index is 1160. The topological polar surface area (TPSA) is 63.0 Å². The molecule has 1 N–H and O–H groups in total. The Labute approximate surface area is 156 Å². The first-order valence-corrected chi connectivity index (χ1v) is 9.40. The van der Waals surface area contributed by atoms with Crippen LogP contribution in [-0.4, -0.2) is 19.6 Å². The monoisotopic (exact) mass is 356 g/mol. The summed E-state index contributed by atoms with van der Waals surface area (Å²) in [6.07, 6.45) is 4.23. The molecule has 2 heterocycles. The minimum absolute atomic E-state index is 0.117. The Hall–Kier alpha value is -3.21. The van der Waals surface area contributed by atoms with Gasteiger partial charge in [0, 0.05) is 11.6 Å². The molecule has 0 radical (unpaired) electrons. The largest absolute Gasteiger partial charge is 0.274 e. The van der Waals surface area contributed by atoms with E-state index >= 15 is 0 Å². The van der Waals surface area contributed by atoms with E-state index in [1.165, 1.54) is 22.1 Å². The summed E-state index contributed by atoms with van der Waals surface area (Å²) in [5, 5.41) is 3.06. The molecule has 27 heavy (non-hydrogen) atoms. The van der Waals surface area contributed by atoms with Crippen LogP contribution < -0.4 is 5.56 Å². The molecule has 1 aliphatic rings. The van der Waals surface area contributed by atoms with Crippen molar-refractivity contribution in [3.8, 4) is 11.4 Å². The number of hydrogen-bond donors (Lipinski definition) is 1. The summed E-state index contributed by atoms with van der Waals surface area (Å²) in [4.78, 5) is 21.8. The van der Waals surface area contributed by atoms with E-state index in [0.29, 0.717) is 17.5 Å². The summed E-state index contributed by atoms with van der Waals surface area (Å²) in [5.41, 5.74) is 4.46. The molecule has 4 aromatic rings. The van der Waals surface area contributed by atoms with Crippen molar-refractivity contribution in [1.82, 2.24) is 19.6 Å². The Balaban J connectivity index is 1.51. The second kappa shape index (κ2) is 6.50. The molecule has 0 fully saturated rings. The van der Waals surface area contributed by atoms with Crippen molar-refractivity contribution in [2.24, 2.45) is 0 Å². The number of rotatable bonds is 3. The molecule has 134 valence electrons. The molecule has 0 bridgehead atoms. The molecule has 1 aliphatic carbocycles. The molecule has 5 heteroatoms. The van der Waals surface area contributed by atoms with E-state index in [1.54, 1.807) is 6.07 Å². The van der Waals surface area contributed by atoms with Gasteiger partial charge in [0.05, 0.1) is 5.69 Å². The van der Waals surface area contributed by atoms with Gasteiger partial charge in [-0.15, -0.1) is 0 Å². The fourth-order valence-corrected chi connectivity index (χ4v) is 4.08. The molecule has 1 atom stereocenters. The Kier molecular flexibility index (Phi) is 3.85. The standard InChI is InChI=1S/C22H20N4O/c27-20-14-18(13-17-11-6-10-15-7-4-5-12-19(15)17)23-22-24-21(25-26(20)22)16-8-2-1-3-9-16/h1-5,7-9,12,14,17H,6,10-11,13H2,(H,23,24,25). The van der Waals surface area contributed by atoms with E-state index in [4.69, 9.17) is 0 Å². The third-order valence-electron chi connectivity index (χ3n) is 5.38. The van der Waals surface area contributed by atoms with Gasteiger partial charge in [-0.05, 0) is 42.7 Å². The average Bonchev–Trinajstić information content (AvgIpc) is 3.14. The second-order valence-corrected chi connectivity index (χ2v) is 7.15. The van der Waals surface area contributed by atoms with Gasteiger partial charge in [-0.25, -0.2) is 4.98 Å². The Morgan fingerprint density at radius 3 is 2.74 bits per heavy atom. The zero-order valence-corrected chi connectivity index (χ0v) is 14.9. The van der Waals surface area contributed by atoms with Crippen molar-refractivity contribution in [2.45, 2.75) is 31.6 Å². The zero-order valence-electron chi connectivity index (χ0n) is 14.9. The maximum Gasteiger partial charge on any atom is 0.274 e. The molecular weight excluding hydrogens is 336 g/mol. The highest BCUT2D eigenvalue weighted by atomic mass is 16.1. The molecule has 0 aliphatic heterocycles. The first-order chi connectivity index (χ1) is 13.3. The summed E-state index contributed by atoms with van der Waals surface area (Å²) in [5.74, 6) is 1.50. The number of nitrogens with zero attached hydrogens (tertiary/aromatic N) is 3. The Morgan fingerprint density at radius 2 is 1.85 bits per heavy atom. The van der Waals surface area contributed by atoms with E-state index < -0.39 is 0 Å². The maximum absolute atomic E-state index is 12.6. The minimum atomic E-state index is -0.117. The quantitative estimate of drug-likeness (QED) is 0.608. The van der Waals surface area contributed by atoms with Crippen LogP contribution in [0.4, 0.5) is 0 Å². The van der Waals surface area contributed by atoms with Crippen molar-refractivity contribution in [2.75, 3.05) is 0 Å². The van der Waals surface area contributed by atoms with Crippen molar-refractivity contribution < 1.29 is 0 Å². The lowest BCUT2D eigenvalue weighted by atomic mass is 9.80. The SMILES string of the molecule is O=c1cc(CC2CCCc3ccccc32)nc2nc(-c3ccccc3)[nH]n12. The second-order valence-electron chi connectivity index (χ2n) is 7.15. The predicted molar refractivity (Wildman–Crippen MR) is 105 cm³/mol. The number of aromatic amines is 1. The first-order valence-electron chi connectivity index (χ1n) is 9.40. The van der Waals surface area contributed by atoms with Crippen LogP contribution in [0.5, 0.6) is 0 Å². The smallest absolute Gasteiger partial charge is 0.271 e.